The maximum Gasteiger partial charge on any atom is 0.268 e. The summed E-state index contributed by atoms with van der Waals surface area (Å²) in [5, 5.41) is 12.9. The molecule has 1 saturated heterocycles. The van der Waals surface area contributed by atoms with Crippen LogP contribution < -0.4 is 0 Å². The molecule has 2 fully saturated rings. The fourth-order valence-electron chi connectivity index (χ4n) is 5.53. The van der Waals surface area contributed by atoms with Gasteiger partial charge in [0.05, 0.1) is 5.69 Å². The number of rotatable bonds is 5. The van der Waals surface area contributed by atoms with E-state index in [4.69, 9.17) is 9.52 Å². The predicted molar refractivity (Wildman–Crippen MR) is 126 cm³/mol. The number of carbonyl (C=O) groups excluding carboxylic acids is 1. The summed E-state index contributed by atoms with van der Waals surface area (Å²) in [7, 11) is 0. The van der Waals surface area contributed by atoms with E-state index in [1.807, 2.05) is 35.0 Å². The van der Waals surface area contributed by atoms with Crippen molar-refractivity contribution >= 4 is 5.91 Å². The minimum atomic E-state index is 0.152. The van der Waals surface area contributed by atoms with Crippen LogP contribution in [0.1, 0.15) is 74.3 Å². The molecule has 2 aromatic heterocycles. The van der Waals surface area contributed by atoms with Crippen molar-refractivity contribution < 1.29 is 9.21 Å². The van der Waals surface area contributed by atoms with Crippen LogP contribution in [0, 0.1) is 18.8 Å². The molecule has 174 valence electrons. The van der Waals surface area contributed by atoms with Crippen LogP contribution in [0.4, 0.5) is 0 Å². The minimum Gasteiger partial charge on any atom is -0.420 e. The van der Waals surface area contributed by atoms with E-state index in [9.17, 15) is 4.79 Å². The van der Waals surface area contributed by atoms with Gasteiger partial charge in [-0.1, -0.05) is 32.8 Å². The Morgan fingerprint density at radius 2 is 1.94 bits per heavy atom. The number of nitrogens with zero attached hydrogens (tertiary/aromatic N) is 5. The van der Waals surface area contributed by atoms with Crippen molar-refractivity contribution in [2.24, 2.45) is 11.8 Å². The average Bonchev–Trinajstić information content (AvgIpc) is 3.44. The third-order valence-corrected chi connectivity index (χ3v) is 6.99. The molecule has 0 spiro atoms. The van der Waals surface area contributed by atoms with Gasteiger partial charge in [-0.25, -0.2) is 4.68 Å². The second-order valence-electron chi connectivity index (χ2n) is 9.96. The number of likely N-dealkylation sites (tertiary alicyclic amines) is 1. The second-order valence-corrected chi connectivity index (χ2v) is 9.96. The zero-order valence-corrected chi connectivity index (χ0v) is 19.8. The van der Waals surface area contributed by atoms with Crippen LogP contribution in [0.2, 0.25) is 0 Å². The topological polar surface area (TPSA) is 77.1 Å². The molecule has 0 unspecified atom stereocenters. The molecule has 1 aliphatic heterocycles. The van der Waals surface area contributed by atoms with Crippen LogP contribution in [0.5, 0.6) is 0 Å². The molecular formula is C26H33N5O2. The molecule has 1 amide bonds. The first-order valence-corrected chi connectivity index (χ1v) is 12.3. The van der Waals surface area contributed by atoms with Crippen LogP contribution in [-0.2, 0) is 6.42 Å². The maximum atomic E-state index is 13.6. The Balaban J connectivity index is 1.47. The van der Waals surface area contributed by atoms with Gasteiger partial charge in [-0.15, -0.1) is 10.2 Å². The van der Waals surface area contributed by atoms with E-state index in [2.05, 4.69) is 28.9 Å². The Morgan fingerprint density at radius 1 is 1.12 bits per heavy atom. The van der Waals surface area contributed by atoms with E-state index in [0.29, 0.717) is 35.4 Å². The second kappa shape index (κ2) is 9.12. The maximum absolute atomic E-state index is 13.6. The highest BCUT2D eigenvalue weighted by molar-refractivity contribution is 5.95. The van der Waals surface area contributed by atoms with Crippen molar-refractivity contribution in [2.45, 2.75) is 71.8 Å². The standard InChI is InChI=1S/C26H33N5O2/c1-17(2)14-22-16-23(25-28-27-18(3)33-25)29-31(22)21-11-6-9-20(15-21)26(32)30-13-7-10-19-8-4-5-12-24(19)30/h6,9,11,15-17,19,24H,4-5,7-8,10,12-14H2,1-3H3/t19-,24+/m1/s1. The lowest BCUT2D eigenvalue weighted by Crippen LogP contribution is -2.49. The molecular weight excluding hydrogens is 414 g/mol. The van der Waals surface area contributed by atoms with Gasteiger partial charge >= 0.3 is 0 Å². The van der Waals surface area contributed by atoms with Gasteiger partial charge in [0.1, 0.15) is 5.69 Å². The Kier molecular flexibility index (Phi) is 6.04. The van der Waals surface area contributed by atoms with Crippen LogP contribution in [0.15, 0.2) is 34.7 Å². The fourth-order valence-corrected chi connectivity index (χ4v) is 5.53. The molecule has 3 aromatic rings. The van der Waals surface area contributed by atoms with Gasteiger partial charge in [-0.2, -0.15) is 5.10 Å². The monoisotopic (exact) mass is 447 g/mol. The van der Waals surface area contributed by atoms with Crippen molar-refractivity contribution in [3.63, 3.8) is 0 Å². The van der Waals surface area contributed by atoms with Gasteiger partial charge < -0.3 is 9.32 Å². The summed E-state index contributed by atoms with van der Waals surface area (Å²) in [6.45, 7) is 7.01. The minimum absolute atomic E-state index is 0.152. The van der Waals surface area contributed by atoms with Gasteiger partial charge in [0.2, 0.25) is 5.89 Å². The molecule has 7 nitrogen and oxygen atoms in total. The van der Waals surface area contributed by atoms with Crippen molar-refractivity contribution in [1.29, 1.82) is 0 Å². The third kappa shape index (κ3) is 4.45. The van der Waals surface area contributed by atoms with Crippen molar-refractivity contribution in [2.75, 3.05) is 6.54 Å². The molecule has 0 N–H and O–H groups in total. The fraction of sp³-hybridized carbons (Fsp3) is 0.538. The molecule has 0 radical (unpaired) electrons. The van der Waals surface area contributed by atoms with Gasteiger partial charge in [-0.05, 0) is 68.2 Å². The summed E-state index contributed by atoms with van der Waals surface area (Å²) in [5.41, 5.74) is 3.34. The van der Waals surface area contributed by atoms with E-state index in [1.54, 1.807) is 6.92 Å². The highest BCUT2D eigenvalue weighted by atomic mass is 16.4. The summed E-state index contributed by atoms with van der Waals surface area (Å²) < 4.78 is 7.53. The van der Waals surface area contributed by atoms with Crippen molar-refractivity contribution in [1.82, 2.24) is 24.9 Å². The zero-order valence-electron chi connectivity index (χ0n) is 19.8. The van der Waals surface area contributed by atoms with Gasteiger partial charge in [0.25, 0.3) is 11.8 Å². The van der Waals surface area contributed by atoms with E-state index < -0.39 is 0 Å². The number of hydrogen-bond acceptors (Lipinski definition) is 5. The number of aryl methyl sites for hydroxylation is 1. The van der Waals surface area contributed by atoms with Crippen molar-refractivity contribution in [3.8, 4) is 17.3 Å². The largest absolute Gasteiger partial charge is 0.420 e. The molecule has 2 atom stereocenters. The summed E-state index contributed by atoms with van der Waals surface area (Å²) in [6.07, 6.45) is 8.16. The van der Waals surface area contributed by atoms with Gasteiger partial charge in [0.15, 0.2) is 0 Å². The van der Waals surface area contributed by atoms with Crippen molar-refractivity contribution in [3.05, 3.63) is 47.5 Å². The molecule has 1 aliphatic carbocycles. The lowest BCUT2D eigenvalue weighted by Gasteiger charge is -2.44. The quantitative estimate of drug-likeness (QED) is 0.536. The molecule has 2 aliphatic rings. The van der Waals surface area contributed by atoms with E-state index in [1.165, 1.54) is 25.7 Å². The molecule has 0 bridgehead atoms. The molecule has 5 rings (SSSR count). The van der Waals surface area contributed by atoms with Crippen LogP contribution in [0.3, 0.4) is 0 Å². The lowest BCUT2D eigenvalue weighted by molar-refractivity contribution is 0.0390. The normalized spacial score (nSPS) is 20.8. The predicted octanol–water partition coefficient (Wildman–Crippen LogP) is 5.22. The zero-order chi connectivity index (χ0) is 22.9. The number of carbonyl (C=O) groups is 1. The highest BCUT2D eigenvalue weighted by Crippen LogP contribution is 2.36. The molecule has 1 saturated carbocycles. The van der Waals surface area contributed by atoms with Crippen LogP contribution >= 0.6 is 0 Å². The lowest BCUT2D eigenvalue weighted by atomic mass is 9.78. The van der Waals surface area contributed by atoms with Gasteiger partial charge in [0, 0.05) is 30.8 Å². The number of hydrogen-bond donors (Lipinski definition) is 0. The van der Waals surface area contributed by atoms with Crippen LogP contribution in [0.25, 0.3) is 17.3 Å². The number of piperidine rings is 1. The molecule has 3 heterocycles. The number of benzene rings is 1. The summed E-state index contributed by atoms with van der Waals surface area (Å²) in [6, 6.07) is 10.3. The molecule has 33 heavy (non-hydrogen) atoms. The third-order valence-electron chi connectivity index (χ3n) is 6.99. The molecule has 1 aromatic carbocycles. The summed E-state index contributed by atoms with van der Waals surface area (Å²) in [4.78, 5) is 15.7. The number of fused-ring (bicyclic) bond motifs is 1. The first kappa shape index (κ1) is 21.9. The Hall–Kier alpha value is -2.96. The summed E-state index contributed by atoms with van der Waals surface area (Å²) in [5.74, 6) is 2.21. The highest BCUT2D eigenvalue weighted by Gasteiger charge is 2.36. The van der Waals surface area contributed by atoms with E-state index in [-0.39, 0.29) is 5.91 Å². The smallest absolute Gasteiger partial charge is 0.268 e. The number of amides is 1. The Labute approximate surface area is 195 Å². The SMILES string of the molecule is Cc1nnc(-c2cc(CC(C)C)n(-c3cccc(C(=O)N4CCC[C@H]5CCCC[C@@H]54)c3)n2)o1. The molecule has 7 heteroatoms. The van der Waals surface area contributed by atoms with E-state index >= 15 is 0 Å². The first-order valence-electron chi connectivity index (χ1n) is 12.3. The van der Waals surface area contributed by atoms with Crippen LogP contribution in [-0.4, -0.2) is 43.4 Å². The Morgan fingerprint density at radius 3 is 2.73 bits per heavy atom. The Bertz CT molecular complexity index is 1130. The summed E-state index contributed by atoms with van der Waals surface area (Å²) >= 11 is 0. The van der Waals surface area contributed by atoms with Gasteiger partial charge in [-0.3, -0.25) is 4.79 Å². The first-order chi connectivity index (χ1) is 16.0. The number of aromatic nitrogens is 4. The average molecular weight is 448 g/mol. The van der Waals surface area contributed by atoms with E-state index in [0.717, 1.165) is 42.8 Å².